The Morgan fingerprint density at radius 2 is 1.85 bits per heavy atom. The SMILES string of the molecule is CCOc1ccc(N(CC(=O)N2c3ccccc3C[C@H]2C)S(C)(=O)=O)cc1. The number of hydrogen-bond donors (Lipinski definition) is 0. The summed E-state index contributed by atoms with van der Waals surface area (Å²) in [4.78, 5) is 14.7. The number of anilines is 2. The Kier molecular flexibility index (Phi) is 5.41. The molecule has 1 amide bonds. The van der Waals surface area contributed by atoms with E-state index in [1.807, 2.05) is 38.1 Å². The summed E-state index contributed by atoms with van der Waals surface area (Å²) in [7, 11) is -3.62. The Morgan fingerprint density at radius 1 is 1.19 bits per heavy atom. The van der Waals surface area contributed by atoms with Gasteiger partial charge in [0.25, 0.3) is 0 Å². The van der Waals surface area contributed by atoms with E-state index >= 15 is 0 Å². The fourth-order valence-corrected chi connectivity index (χ4v) is 4.27. The lowest BCUT2D eigenvalue weighted by Gasteiger charge is -2.28. The highest BCUT2D eigenvalue weighted by Gasteiger charge is 2.33. The van der Waals surface area contributed by atoms with Gasteiger partial charge in [0.15, 0.2) is 0 Å². The molecule has 7 heteroatoms. The van der Waals surface area contributed by atoms with Crippen molar-refractivity contribution in [1.82, 2.24) is 0 Å². The van der Waals surface area contributed by atoms with Gasteiger partial charge in [0.2, 0.25) is 15.9 Å². The Hall–Kier alpha value is -2.54. The zero-order valence-electron chi connectivity index (χ0n) is 15.8. The Bertz CT molecular complexity index is 925. The molecule has 6 nitrogen and oxygen atoms in total. The average molecular weight is 388 g/mol. The number of hydrogen-bond acceptors (Lipinski definition) is 4. The van der Waals surface area contributed by atoms with Gasteiger partial charge in [0.1, 0.15) is 12.3 Å². The molecule has 1 atom stereocenters. The summed E-state index contributed by atoms with van der Waals surface area (Å²) in [6, 6.07) is 14.4. The van der Waals surface area contributed by atoms with Crippen LogP contribution in [0.1, 0.15) is 19.4 Å². The van der Waals surface area contributed by atoms with Gasteiger partial charge in [0, 0.05) is 11.7 Å². The van der Waals surface area contributed by atoms with Crippen molar-refractivity contribution in [2.75, 3.05) is 28.6 Å². The van der Waals surface area contributed by atoms with E-state index in [0.717, 1.165) is 28.2 Å². The molecular formula is C20H24N2O4S. The molecule has 0 unspecified atom stereocenters. The fourth-order valence-electron chi connectivity index (χ4n) is 3.42. The van der Waals surface area contributed by atoms with Crippen LogP contribution in [-0.2, 0) is 21.2 Å². The normalized spacial score (nSPS) is 16.1. The highest BCUT2D eigenvalue weighted by Crippen LogP contribution is 2.32. The lowest BCUT2D eigenvalue weighted by atomic mass is 10.1. The molecule has 0 aromatic heterocycles. The number of fused-ring (bicyclic) bond motifs is 1. The zero-order valence-corrected chi connectivity index (χ0v) is 16.6. The quantitative estimate of drug-likeness (QED) is 0.763. The highest BCUT2D eigenvalue weighted by molar-refractivity contribution is 7.92. The van der Waals surface area contributed by atoms with Crippen LogP contribution in [0.2, 0.25) is 0 Å². The molecule has 1 aliphatic rings. The largest absolute Gasteiger partial charge is 0.494 e. The third-order valence-corrected chi connectivity index (χ3v) is 5.73. The first-order chi connectivity index (χ1) is 12.8. The second-order valence-corrected chi connectivity index (χ2v) is 8.55. The number of carbonyl (C=O) groups is 1. The van der Waals surface area contributed by atoms with Crippen LogP contribution in [0.4, 0.5) is 11.4 Å². The van der Waals surface area contributed by atoms with Gasteiger partial charge in [0.05, 0.1) is 18.6 Å². The van der Waals surface area contributed by atoms with Gasteiger partial charge in [-0.2, -0.15) is 0 Å². The molecule has 0 saturated carbocycles. The molecule has 0 radical (unpaired) electrons. The molecular weight excluding hydrogens is 364 g/mol. The van der Waals surface area contributed by atoms with Crippen molar-refractivity contribution < 1.29 is 17.9 Å². The number of carbonyl (C=O) groups excluding carboxylic acids is 1. The third-order valence-electron chi connectivity index (χ3n) is 4.59. The smallest absolute Gasteiger partial charge is 0.248 e. The molecule has 144 valence electrons. The van der Waals surface area contributed by atoms with E-state index in [4.69, 9.17) is 4.74 Å². The van der Waals surface area contributed by atoms with Gasteiger partial charge in [-0.05, 0) is 56.2 Å². The number of benzene rings is 2. The number of nitrogens with zero attached hydrogens (tertiary/aromatic N) is 2. The molecule has 3 rings (SSSR count). The zero-order chi connectivity index (χ0) is 19.6. The van der Waals surface area contributed by atoms with E-state index < -0.39 is 10.0 Å². The minimum Gasteiger partial charge on any atom is -0.494 e. The Balaban J connectivity index is 1.86. The molecule has 27 heavy (non-hydrogen) atoms. The molecule has 0 bridgehead atoms. The van der Waals surface area contributed by atoms with E-state index in [0.29, 0.717) is 18.0 Å². The second kappa shape index (κ2) is 7.60. The van der Waals surface area contributed by atoms with E-state index in [1.165, 1.54) is 0 Å². The van der Waals surface area contributed by atoms with Crippen LogP contribution in [0, 0.1) is 0 Å². The number of rotatable bonds is 6. The fraction of sp³-hybridized carbons (Fsp3) is 0.350. The first-order valence-corrected chi connectivity index (χ1v) is 10.8. The third kappa shape index (κ3) is 4.08. The lowest BCUT2D eigenvalue weighted by Crippen LogP contribution is -2.45. The Labute approximate surface area is 160 Å². The predicted molar refractivity (Wildman–Crippen MR) is 107 cm³/mol. The standard InChI is InChI=1S/C20H24N2O4S/c1-4-26-18-11-9-17(10-12-18)21(27(3,24)25)14-20(23)22-15(2)13-16-7-5-6-8-19(16)22/h5-12,15H,4,13-14H2,1-3H3/t15-/m1/s1. The van der Waals surface area contributed by atoms with Crippen molar-refractivity contribution in [3.63, 3.8) is 0 Å². The van der Waals surface area contributed by atoms with Gasteiger partial charge in [-0.3, -0.25) is 9.10 Å². The van der Waals surface area contributed by atoms with Crippen molar-refractivity contribution in [2.24, 2.45) is 0 Å². The molecule has 0 spiro atoms. The van der Waals surface area contributed by atoms with Crippen LogP contribution >= 0.6 is 0 Å². The minimum absolute atomic E-state index is 0.00311. The molecule has 0 N–H and O–H groups in total. The monoisotopic (exact) mass is 388 g/mol. The van der Waals surface area contributed by atoms with Crippen LogP contribution in [0.3, 0.4) is 0 Å². The van der Waals surface area contributed by atoms with E-state index in [9.17, 15) is 13.2 Å². The van der Waals surface area contributed by atoms with Crippen LogP contribution in [-0.4, -0.2) is 39.8 Å². The summed E-state index contributed by atoms with van der Waals surface area (Å²) in [5.74, 6) is 0.412. The predicted octanol–water partition coefficient (Wildman–Crippen LogP) is 2.83. The molecule has 1 aliphatic heterocycles. The highest BCUT2D eigenvalue weighted by atomic mass is 32.2. The molecule has 1 heterocycles. The summed E-state index contributed by atoms with van der Waals surface area (Å²) >= 11 is 0. The van der Waals surface area contributed by atoms with Crippen LogP contribution < -0.4 is 13.9 Å². The summed E-state index contributed by atoms with van der Waals surface area (Å²) in [5, 5.41) is 0. The minimum atomic E-state index is -3.62. The number of sulfonamides is 1. The Morgan fingerprint density at radius 3 is 2.48 bits per heavy atom. The van der Waals surface area contributed by atoms with Gasteiger partial charge >= 0.3 is 0 Å². The van der Waals surface area contributed by atoms with Crippen molar-refractivity contribution >= 4 is 27.3 Å². The van der Waals surface area contributed by atoms with Crippen molar-refractivity contribution in [3.8, 4) is 5.75 Å². The maximum absolute atomic E-state index is 13.0. The average Bonchev–Trinajstić information content (AvgIpc) is 2.95. The molecule has 0 fully saturated rings. The molecule has 2 aromatic rings. The summed E-state index contributed by atoms with van der Waals surface area (Å²) in [5.41, 5.74) is 2.40. The van der Waals surface area contributed by atoms with Crippen LogP contribution in [0.15, 0.2) is 48.5 Å². The van der Waals surface area contributed by atoms with Crippen LogP contribution in [0.5, 0.6) is 5.75 Å². The summed E-state index contributed by atoms with van der Waals surface area (Å²) < 4.78 is 31.2. The lowest BCUT2D eigenvalue weighted by molar-refractivity contribution is -0.117. The van der Waals surface area contributed by atoms with E-state index in [-0.39, 0.29) is 18.5 Å². The maximum Gasteiger partial charge on any atom is 0.248 e. The van der Waals surface area contributed by atoms with Crippen molar-refractivity contribution in [3.05, 3.63) is 54.1 Å². The first-order valence-electron chi connectivity index (χ1n) is 8.91. The van der Waals surface area contributed by atoms with Gasteiger partial charge in [-0.25, -0.2) is 8.42 Å². The molecule has 0 aliphatic carbocycles. The van der Waals surface area contributed by atoms with E-state index in [1.54, 1.807) is 29.2 Å². The van der Waals surface area contributed by atoms with E-state index in [2.05, 4.69) is 0 Å². The molecule has 2 aromatic carbocycles. The molecule has 0 saturated heterocycles. The number of amides is 1. The number of para-hydroxylation sites is 1. The second-order valence-electron chi connectivity index (χ2n) is 6.64. The maximum atomic E-state index is 13.0. The van der Waals surface area contributed by atoms with Crippen molar-refractivity contribution in [2.45, 2.75) is 26.3 Å². The van der Waals surface area contributed by atoms with Gasteiger partial charge in [-0.1, -0.05) is 18.2 Å². The van der Waals surface area contributed by atoms with Crippen LogP contribution in [0.25, 0.3) is 0 Å². The number of ether oxygens (including phenoxy) is 1. The topological polar surface area (TPSA) is 66.9 Å². The summed E-state index contributed by atoms with van der Waals surface area (Å²) in [6.45, 7) is 4.13. The van der Waals surface area contributed by atoms with Gasteiger partial charge < -0.3 is 9.64 Å². The summed E-state index contributed by atoms with van der Waals surface area (Å²) in [6.07, 6.45) is 1.88. The van der Waals surface area contributed by atoms with Crippen molar-refractivity contribution in [1.29, 1.82) is 0 Å². The first kappa shape index (κ1) is 19.2. The van der Waals surface area contributed by atoms with Gasteiger partial charge in [-0.15, -0.1) is 0 Å².